The predicted molar refractivity (Wildman–Crippen MR) is 118 cm³/mol. The molecule has 8 heteroatoms. The number of rotatable bonds is 9. The molecule has 0 spiro atoms. The van der Waals surface area contributed by atoms with Crippen molar-refractivity contribution in [3.63, 3.8) is 0 Å². The summed E-state index contributed by atoms with van der Waals surface area (Å²) in [6.45, 7) is 7.55. The maximum Gasteiger partial charge on any atom is 0.248 e. The maximum atomic E-state index is 12.9. The summed E-state index contributed by atoms with van der Waals surface area (Å²) in [7, 11) is -3.73. The molecular formula is C21H25ClN2O4S. The van der Waals surface area contributed by atoms with Crippen LogP contribution in [0.3, 0.4) is 0 Å². The summed E-state index contributed by atoms with van der Waals surface area (Å²) in [4.78, 5) is 12.9. The Kier molecular flexibility index (Phi) is 7.70. The molecule has 0 saturated carbocycles. The van der Waals surface area contributed by atoms with Gasteiger partial charge in [-0.25, -0.2) is 8.42 Å². The number of sulfonamides is 1. The van der Waals surface area contributed by atoms with Crippen LogP contribution in [0.2, 0.25) is 5.02 Å². The third-order valence-electron chi connectivity index (χ3n) is 4.23. The van der Waals surface area contributed by atoms with Gasteiger partial charge in [-0.3, -0.25) is 9.10 Å². The summed E-state index contributed by atoms with van der Waals surface area (Å²) >= 11 is 6.18. The fraction of sp³-hybridized carbons (Fsp3) is 0.286. The summed E-state index contributed by atoms with van der Waals surface area (Å²) in [5.74, 6) is 0.205. The Labute approximate surface area is 177 Å². The lowest BCUT2D eigenvalue weighted by atomic mass is 10.1. The van der Waals surface area contributed by atoms with E-state index in [1.165, 1.54) is 0 Å². The van der Waals surface area contributed by atoms with E-state index in [9.17, 15) is 13.2 Å². The summed E-state index contributed by atoms with van der Waals surface area (Å²) < 4.78 is 31.5. The fourth-order valence-corrected chi connectivity index (χ4v) is 4.17. The fourth-order valence-electron chi connectivity index (χ4n) is 2.79. The number of hydrogen-bond acceptors (Lipinski definition) is 4. The standard InChI is InChI=1S/C21H25ClN2O4S/c1-5-13-28-18-11-8-16(9-12-18)23-21(25)20(6-2)24(29(4,26)27)17-10-7-15(3)19(22)14-17/h5,7-12,14,20H,1,6,13H2,2-4H3,(H,23,25). The van der Waals surface area contributed by atoms with Gasteiger partial charge in [0, 0.05) is 10.7 Å². The van der Waals surface area contributed by atoms with E-state index < -0.39 is 22.0 Å². The molecule has 29 heavy (non-hydrogen) atoms. The van der Waals surface area contributed by atoms with E-state index in [0.717, 1.165) is 16.1 Å². The monoisotopic (exact) mass is 436 g/mol. The Morgan fingerprint density at radius 1 is 1.28 bits per heavy atom. The van der Waals surface area contributed by atoms with Crippen LogP contribution in [0.4, 0.5) is 11.4 Å². The van der Waals surface area contributed by atoms with Crippen molar-refractivity contribution >= 4 is 38.9 Å². The van der Waals surface area contributed by atoms with Crippen LogP contribution < -0.4 is 14.4 Å². The number of hydrogen-bond donors (Lipinski definition) is 1. The van der Waals surface area contributed by atoms with Gasteiger partial charge in [0.2, 0.25) is 15.9 Å². The number of nitrogens with one attached hydrogen (secondary N) is 1. The first-order valence-electron chi connectivity index (χ1n) is 9.07. The first-order valence-corrected chi connectivity index (χ1v) is 11.3. The zero-order valence-electron chi connectivity index (χ0n) is 16.7. The van der Waals surface area contributed by atoms with Crippen molar-refractivity contribution < 1.29 is 17.9 Å². The van der Waals surface area contributed by atoms with Crippen LogP contribution in [0.1, 0.15) is 18.9 Å². The Morgan fingerprint density at radius 2 is 1.93 bits per heavy atom. The van der Waals surface area contributed by atoms with Crippen LogP contribution in [0.15, 0.2) is 55.1 Å². The van der Waals surface area contributed by atoms with Crippen LogP contribution in [-0.4, -0.2) is 33.2 Å². The molecule has 6 nitrogen and oxygen atoms in total. The van der Waals surface area contributed by atoms with Gasteiger partial charge in [-0.15, -0.1) is 0 Å². The van der Waals surface area contributed by atoms with E-state index in [4.69, 9.17) is 16.3 Å². The molecule has 2 aromatic rings. The zero-order valence-corrected chi connectivity index (χ0v) is 18.3. The van der Waals surface area contributed by atoms with Gasteiger partial charge >= 0.3 is 0 Å². The van der Waals surface area contributed by atoms with Gasteiger partial charge in [0.15, 0.2) is 0 Å². The van der Waals surface area contributed by atoms with Gasteiger partial charge in [-0.2, -0.15) is 0 Å². The van der Waals surface area contributed by atoms with E-state index in [-0.39, 0.29) is 6.42 Å². The van der Waals surface area contributed by atoms with Gasteiger partial charge in [0.1, 0.15) is 18.4 Å². The van der Waals surface area contributed by atoms with Crippen molar-refractivity contribution in [2.75, 3.05) is 22.5 Å². The van der Waals surface area contributed by atoms with Gasteiger partial charge in [-0.05, 0) is 55.3 Å². The summed E-state index contributed by atoms with van der Waals surface area (Å²) in [6.07, 6.45) is 2.99. The van der Waals surface area contributed by atoms with Gasteiger partial charge in [0.05, 0.1) is 11.9 Å². The van der Waals surface area contributed by atoms with Crippen molar-refractivity contribution in [1.82, 2.24) is 0 Å². The Balaban J connectivity index is 2.28. The van der Waals surface area contributed by atoms with Crippen molar-refractivity contribution in [3.05, 3.63) is 65.7 Å². The largest absolute Gasteiger partial charge is 0.490 e. The van der Waals surface area contributed by atoms with Crippen LogP contribution in [0.5, 0.6) is 5.75 Å². The molecule has 0 radical (unpaired) electrons. The van der Waals surface area contributed by atoms with Crippen molar-refractivity contribution in [3.8, 4) is 5.75 Å². The molecule has 0 aliphatic rings. The van der Waals surface area contributed by atoms with Crippen molar-refractivity contribution in [2.24, 2.45) is 0 Å². The second kappa shape index (κ2) is 9.80. The Bertz CT molecular complexity index is 975. The third kappa shape index (κ3) is 5.98. The van der Waals surface area contributed by atoms with Crippen LogP contribution in [0, 0.1) is 6.92 Å². The van der Waals surface area contributed by atoms with E-state index in [1.807, 2.05) is 6.92 Å². The van der Waals surface area contributed by atoms with E-state index in [0.29, 0.717) is 28.8 Å². The molecule has 0 aliphatic carbocycles. The second-order valence-electron chi connectivity index (χ2n) is 6.53. The Morgan fingerprint density at radius 3 is 2.45 bits per heavy atom. The van der Waals surface area contributed by atoms with Crippen LogP contribution in [0.25, 0.3) is 0 Å². The van der Waals surface area contributed by atoms with Crippen LogP contribution in [-0.2, 0) is 14.8 Å². The summed E-state index contributed by atoms with van der Waals surface area (Å²) in [6, 6.07) is 10.8. The quantitative estimate of drug-likeness (QED) is 0.591. The molecule has 0 aromatic heterocycles. The van der Waals surface area contributed by atoms with Crippen LogP contribution >= 0.6 is 11.6 Å². The number of nitrogens with zero attached hydrogens (tertiary/aromatic N) is 1. The first kappa shape index (κ1) is 22.8. The molecule has 0 bridgehead atoms. The molecular weight excluding hydrogens is 412 g/mol. The van der Waals surface area contributed by atoms with Gasteiger partial charge in [0.25, 0.3) is 0 Å². The highest BCUT2D eigenvalue weighted by Crippen LogP contribution is 2.28. The molecule has 1 unspecified atom stereocenters. The second-order valence-corrected chi connectivity index (χ2v) is 8.80. The highest BCUT2D eigenvalue weighted by Gasteiger charge is 2.31. The minimum atomic E-state index is -3.73. The predicted octanol–water partition coefficient (Wildman–Crippen LogP) is 4.40. The number of carbonyl (C=O) groups excluding carboxylic acids is 1. The summed E-state index contributed by atoms with van der Waals surface area (Å²) in [5.41, 5.74) is 1.70. The molecule has 0 saturated heterocycles. The Hall–Kier alpha value is -2.51. The molecule has 1 amide bonds. The molecule has 2 rings (SSSR count). The molecule has 0 heterocycles. The normalized spacial score (nSPS) is 12.1. The molecule has 1 atom stereocenters. The van der Waals surface area contributed by atoms with E-state index >= 15 is 0 Å². The first-order chi connectivity index (χ1) is 13.7. The van der Waals surface area contributed by atoms with Gasteiger partial charge < -0.3 is 10.1 Å². The number of benzene rings is 2. The molecule has 0 aliphatic heterocycles. The van der Waals surface area contributed by atoms with E-state index in [1.54, 1.807) is 55.5 Å². The molecule has 0 fully saturated rings. The molecule has 1 N–H and O–H groups in total. The molecule has 156 valence electrons. The topological polar surface area (TPSA) is 75.7 Å². The zero-order chi connectivity index (χ0) is 21.6. The van der Waals surface area contributed by atoms with Crippen molar-refractivity contribution in [2.45, 2.75) is 26.3 Å². The minimum Gasteiger partial charge on any atom is -0.490 e. The number of anilines is 2. The molecule has 2 aromatic carbocycles. The summed E-state index contributed by atoms with van der Waals surface area (Å²) in [5, 5.41) is 3.20. The maximum absolute atomic E-state index is 12.9. The number of amides is 1. The lowest BCUT2D eigenvalue weighted by Gasteiger charge is -2.30. The van der Waals surface area contributed by atoms with Gasteiger partial charge in [-0.1, -0.05) is 37.2 Å². The highest BCUT2D eigenvalue weighted by atomic mass is 35.5. The average molecular weight is 437 g/mol. The number of halogens is 1. The number of ether oxygens (including phenoxy) is 1. The third-order valence-corrected chi connectivity index (χ3v) is 5.82. The number of carbonyl (C=O) groups is 1. The highest BCUT2D eigenvalue weighted by molar-refractivity contribution is 7.92. The minimum absolute atomic E-state index is 0.283. The van der Waals surface area contributed by atoms with Crippen molar-refractivity contribution in [1.29, 1.82) is 0 Å². The smallest absolute Gasteiger partial charge is 0.248 e. The lowest BCUT2D eigenvalue weighted by Crippen LogP contribution is -2.47. The SMILES string of the molecule is C=CCOc1ccc(NC(=O)C(CC)N(c2ccc(C)c(Cl)c2)S(C)(=O)=O)cc1. The van der Waals surface area contributed by atoms with E-state index in [2.05, 4.69) is 11.9 Å². The average Bonchev–Trinajstić information content (AvgIpc) is 2.66. The number of aryl methyl sites for hydroxylation is 1. The lowest BCUT2D eigenvalue weighted by molar-refractivity contribution is -0.117.